The highest BCUT2D eigenvalue weighted by molar-refractivity contribution is 5.94. The summed E-state index contributed by atoms with van der Waals surface area (Å²) in [4.78, 5) is 21.3. The highest BCUT2D eigenvalue weighted by Gasteiger charge is 2.31. The monoisotopic (exact) mass is 288 g/mol. The summed E-state index contributed by atoms with van der Waals surface area (Å²) in [5.41, 5.74) is 0.688. The Hall–Kier alpha value is -1.62. The number of aromatic nitrogens is 1. The third-order valence-corrected chi connectivity index (χ3v) is 4.62. The number of hydrogen-bond acceptors (Lipinski definition) is 4. The maximum Gasteiger partial charge on any atom is 0.255 e. The van der Waals surface area contributed by atoms with E-state index in [-0.39, 0.29) is 5.91 Å². The Bertz CT molecular complexity index is 482. The number of nitrogens with zero attached hydrogens (tertiary/aromatic N) is 3. The summed E-state index contributed by atoms with van der Waals surface area (Å²) in [5, 5.41) is 2.97. The summed E-state index contributed by atoms with van der Waals surface area (Å²) in [6.45, 7) is 4.14. The predicted octanol–water partition coefficient (Wildman–Crippen LogP) is 1.82. The Balaban J connectivity index is 1.60. The smallest absolute Gasteiger partial charge is 0.255 e. The molecule has 0 aliphatic carbocycles. The SMILES string of the molecule is CNc1ccc(C(=O)N2CCC(N3CCCCC3)C2)cn1. The molecule has 2 fully saturated rings. The van der Waals surface area contributed by atoms with Gasteiger partial charge in [0.1, 0.15) is 5.82 Å². The van der Waals surface area contributed by atoms with Gasteiger partial charge in [-0.3, -0.25) is 9.69 Å². The van der Waals surface area contributed by atoms with E-state index in [2.05, 4.69) is 15.2 Å². The van der Waals surface area contributed by atoms with Crippen LogP contribution in [0.1, 0.15) is 36.0 Å². The maximum atomic E-state index is 12.5. The average molecular weight is 288 g/mol. The highest BCUT2D eigenvalue weighted by Crippen LogP contribution is 2.21. The molecule has 1 atom stereocenters. The number of amides is 1. The van der Waals surface area contributed by atoms with Gasteiger partial charge in [-0.15, -0.1) is 0 Å². The van der Waals surface area contributed by atoms with Gasteiger partial charge in [0.15, 0.2) is 0 Å². The van der Waals surface area contributed by atoms with E-state index in [4.69, 9.17) is 0 Å². The highest BCUT2D eigenvalue weighted by atomic mass is 16.2. The van der Waals surface area contributed by atoms with E-state index in [9.17, 15) is 4.79 Å². The zero-order valence-electron chi connectivity index (χ0n) is 12.7. The van der Waals surface area contributed by atoms with Crippen molar-refractivity contribution in [1.29, 1.82) is 0 Å². The second kappa shape index (κ2) is 6.43. The van der Waals surface area contributed by atoms with Gasteiger partial charge in [0.25, 0.3) is 5.91 Å². The van der Waals surface area contributed by atoms with Crippen LogP contribution in [-0.4, -0.2) is 60.0 Å². The molecule has 3 rings (SSSR count). The number of carbonyl (C=O) groups is 1. The molecule has 1 N–H and O–H groups in total. The first kappa shape index (κ1) is 14.3. The third-order valence-electron chi connectivity index (χ3n) is 4.62. The van der Waals surface area contributed by atoms with Gasteiger partial charge in [-0.1, -0.05) is 6.42 Å². The number of anilines is 1. The van der Waals surface area contributed by atoms with Crippen molar-refractivity contribution < 1.29 is 4.79 Å². The van der Waals surface area contributed by atoms with Gasteiger partial charge in [0, 0.05) is 32.4 Å². The molecule has 0 spiro atoms. The Morgan fingerprint density at radius 3 is 2.71 bits per heavy atom. The molecule has 0 saturated carbocycles. The van der Waals surface area contributed by atoms with Crippen LogP contribution in [0.3, 0.4) is 0 Å². The molecule has 21 heavy (non-hydrogen) atoms. The van der Waals surface area contributed by atoms with Crippen LogP contribution in [0, 0.1) is 0 Å². The first-order valence-electron chi connectivity index (χ1n) is 7.95. The topological polar surface area (TPSA) is 48.5 Å². The van der Waals surface area contributed by atoms with Gasteiger partial charge in [-0.2, -0.15) is 0 Å². The number of likely N-dealkylation sites (tertiary alicyclic amines) is 2. The molecule has 0 radical (unpaired) electrons. The first-order valence-corrected chi connectivity index (χ1v) is 7.95. The molecule has 0 bridgehead atoms. The van der Waals surface area contributed by atoms with E-state index >= 15 is 0 Å². The minimum Gasteiger partial charge on any atom is -0.373 e. The average Bonchev–Trinajstić information content (AvgIpc) is 3.05. The maximum absolute atomic E-state index is 12.5. The van der Waals surface area contributed by atoms with Gasteiger partial charge in [0.05, 0.1) is 5.56 Å². The Morgan fingerprint density at radius 1 is 1.24 bits per heavy atom. The van der Waals surface area contributed by atoms with Crippen LogP contribution in [0.5, 0.6) is 0 Å². The largest absolute Gasteiger partial charge is 0.373 e. The lowest BCUT2D eigenvalue weighted by Crippen LogP contribution is -2.41. The zero-order chi connectivity index (χ0) is 14.7. The quantitative estimate of drug-likeness (QED) is 0.922. The number of pyridine rings is 1. The molecule has 1 aromatic heterocycles. The van der Waals surface area contributed by atoms with E-state index in [1.54, 1.807) is 6.20 Å². The summed E-state index contributed by atoms with van der Waals surface area (Å²) < 4.78 is 0. The van der Waals surface area contributed by atoms with Crippen molar-refractivity contribution in [3.63, 3.8) is 0 Å². The van der Waals surface area contributed by atoms with Crippen molar-refractivity contribution in [2.75, 3.05) is 38.5 Å². The van der Waals surface area contributed by atoms with Crippen LogP contribution >= 0.6 is 0 Å². The van der Waals surface area contributed by atoms with E-state index < -0.39 is 0 Å². The van der Waals surface area contributed by atoms with E-state index in [0.717, 1.165) is 25.3 Å². The van der Waals surface area contributed by atoms with Crippen LogP contribution in [0.25, 0.3) is 0 Å². The van der Waals surface area contributed by atoms with Crippen molar-refractivity contribution in [3.8, 4) is 0 Å². The van der Waals surface area contributed by atoms with Crippen LogP contribution in [0.15, 0.2) is 18.3 Å². The molecule has 0 aromatic carbocycles. The second-order valence-corrected chi connectivity index (χ2v) is 5.97. The molecule has 3 heterocycles. The predicted molar refractivity (Wildman–Crippen MR) is 83.5 cm³/mol. The van der Waals surface area contributed by atoms with Gasteiger partial charge in [-0.25, -0.2) is 4.98 Å². The number of carbonyl (C=O) groups excluding carboxylic acids is 1. The lowest BCUT2D eigenvalue weighted by atomic mass is 10.1. The summed E-state index contributed by atoms with van der Waals surface area (Å²) in [5.74, 6) is 0.906. The van der Waals surface area contributed by atoms with Crippen LogP contribution < -0.4 is 5.32 Å². The number of rotatable bonds is 3. The van der Waals surface area contributed by atoms with Crippen molar-refractivity contribution in [1.82, 2.24) is 14.8 Å². The molecular formula is C16H24N4O. The molecular weight excluding hydrogens is 264 g/mol. The Kier molecular flexibility index (Phi) is 4.39. The second-order valence-electron chi connectivity index (χ2n) is 5.97. The summed E-state index contributed by atoms with van der Waals surface area (Å²) in [6, 6.07) is 4.26. The Labute approximate surface area is 126 Å². The normalized spacial score (nSPS) is 23.3. The zero-order valence-corrected chi connectivity index (χ0v) is 12.7. The number of hydrogen-bond donors (Lipinski definition) is 1. The minimum atomic E-state index is 0.115. The molecule has 2 saturated heterocycles. The van der Waals surface area contributed by atoms with E-state index in [1.807, 2.05) is 24.1 Å². The molecule has 1 unspecified atom stereocenters. The van der Waals surface area contributed by atoms with Gasteiger partial charge in [-0.05, 0) is 44.5 Å². The van der Waals surface area contributed by atoms with Gasteiger partial charge < -0.3 is 10.2 Å². The van der Waals surface area contributed by atoms with Crippen molar-refractivity contribution in [3.05, 3.63) is 23.9 Å². The minimum absolute atomic E-state index is 0.115. The van der Waals surface area contributed by atoms with Crippen LogP contribution in [-0.2, 0) is 0 Å². The lowest BCUT2D eigenvalue weighted by Gasteiger charge is -2.32. The van der Waals surface area contributed by atoms with Crippen LogP contribution in [0.2, 0.25) is 0 Å². The molecule has 2 aliphatic rings. The number of piperidine rings is 1. The Morgan fingerprint density at radius 2 is 2.05 bits per heavy atom. The van der Waals surface area contributed by atoms with E-state index in [0.29, 0.717) is 11.6 Å². The van der Waals surface area contributed by atoms with Gasteiger partial charge in [0.2, 0.25) is 0 Å². The summed E-state index contributed by atoms with van der Waals surface area (Å²) >= 11 is 0. The molecule has 5 heteroatoms. The van der Waals surface area contributed by atoms with Gasteiger partial charge >= 0.3 is 0 Å². The summed E-state index contributed by atoms with van der Waals surface area (Å²) in [6.07, 6.45) is 6.74. The van der Waals surface area contributed by atoms with Crippen LogP contribution in [0.4, 0.5) is 5.82 Å². The molecule has 5 nitrogen and oxygen atoms in total. The van der Waals surface area contributed by atoms with E-state index in [1.165, 1.54) is 32.4 Å². The van der Waals surface area contributed by atoms with Crippen molar-refractivity contribution in [2.45, 2.75) is 31.7 Å². The fourth-order valence-corrected chi connectivity index (χ4v) is 3.36. The van der Waals surface area contributed by atoms with Crippen molar-refractivity contribution >= 4 is 11.7 Å². The fraction of sp³-hybridized carbons (Fsp3) is 0.625. The molecule has 114 valence electrons. The molecule has 2 aliphatic heterocycles. The lowest BCUT2D eigenvalue weighted by molar-refractivity contribution is 0.0771. The third kappa shape index (κ3) is 3.18. The standard InChI is InChI=1S/C16H24N4O/c1-17-15-6-5-13(11-18-15)16(21)20-10-7-14(12-20)19-8-3-2-4-9-19/h5-6,11,14H,2-4,7-10,12H2,1H3,(H,17,18). The molecule has 1 amide bonds. The first-order chi connectivity index (χ1) is 10.3. The van der Waals surface area contributed by atoms with Crippen molar-refractivity contribution in [2.24, 2.45) is 0 Å². The fourth-order valence-electron chi connectivity index (χ4n) is 3.36. The summed E-state index contributed by atoms with van der Waals surface area (Å²) in [7, 11) is 1.83. The molecule has 1 aromatic rings. The number of nitrogens with one attached hydrogen (secondary N) is 1.